The Kier molecular flexibility index (Phi) is 6.59. The van der Waals surface area contributed by atoms with Crippen molar-refractivity contribution in [1.29, 1.82) is 0 Å². The van der Waals surface area contributed by atoms with Crippen LogP contribution in [0.2, 0.25) is 0 Å². The lowest BCUT2D eigenvalue weighted by molar-refractivity contribution is -0.264. The van der Waals surface area contributed by atoms with E-state index in [0.29, 0.717) is 16.5 Å². The molecule has 0 aliphatic rings. The van der Waals surface area contributed by atoms with Crippen LogP contribution in [0.4, 0.5) is 22.7 Å². The van der Waals surface area contributed by atoms with Gasteiger partial charge in [-0.05, 0) is 41.1 Å². The number of carbonyl (C=O) groups is 1. The number of carboxylic acid groups (broad SMARTS) is 1. The summed E-state index contributed by atoms with van der Waals surface area (Å²) < 4.78 is 35.5. The van der Waals surface area contributed by atoms with Gasteiger partial charge in [0.05, 0.1) is 22.0 Å². The molecular weight excluding hydrogens is 540 g/mol. The molecule has 0 atom stereocenters. The highest BCUT2D eigenvalue weighted by molar-refractivity contribution is 7.86. The highest BCUT2D eigenvalue weighted by Crippen LogP contribution is 2.41. The van der Waals surface area contributed by atoms with Crippen molar-refractivity contribution >= 4 is 60.4 Å². The lowest BCUT2D eigenvalue weighted by Gasteiger charge is -2.18. The van der Waals surface area contributed by atoms with Crippen molar-refractivity contribution < 1.29 is 38.2 Å². The van der Waals surface area contributed by atoms with E-state index in [2.05, 4.69) is 20.5 Å². The van der Waals surface area contributed by atoms with Crippen LogP contribution in [0.15, 0.2) is 104 Å². The number of hydrogen-bond donors (Lipinski definition) is 3. The SMILES string of the molecule is O=C(O)c1c(O)ccc(N=Nc2ccc(N=Nc3cc(S(=O)(=O)[O-])c4ccccc4c3[O-])c3ccccc23)c1O. The van der Waals surface area contributed by atoms with Gasteiger partial charge in [0.15, 0.2) is 5.75 Å². The fraction of sp³-hybridized carbons (Fsp3) is 0. The normalized spacial score (nSPS) is 12.1. The maximum atomic E-state index is 12.9. The molecule has 0 saturated heterocycles. The number of benzene rings is 5. The second-order valence-corrected chi connectivity index (χ2v) is 9.75. The summed E-state index contributed by atoms with van der Waals surface area (Å²) in [7, 11) is -4.91. The molecule has 0 heterocycles. The topological polar surface area (TPSA) is 207 Å². The molecule has 0 fully saturated rings. The zero-order valence-corrected chi connectivity index (χ0v) is 20.9. The number of carboxylic acids is 1. The summed E-state index contributed by atoms with van der Waals surface area (Å²) in [5, 5.41) is 59.2. The van der Waals surface area contributed by atoms with Crippen LogP contribution in [-0.2, 0) is 10.1 Å². The van der Waals surface area contributed by atoms with Crippen LogP contribution in [-0.4, -0.2) is 34.3 Å². The molecule has 40 heavy (non-hydrogen) atoms. The van der Waals surface area contributed by atoms with Gasteiger partial charge >= 0.3 is 5.97 Å². The number of aromatic carboxylic acids is 1. The van der Waals surface area contributed by atoms with Crippen LogP contribution in [0.5, 0.6) is 17.2 Å². The number of fused-ring (bicyclic) bond motifs is 2. The first-order valence-electron chi connectivity index (χ1n) is 11.4. The van der Waals surface area contributed by atoms with Crippen molar-refractivity contribution in [3.63, 3.8) is 0 Å². The minimum absolute atomic E-state index is 0.00300. The van der Waals surface area contributed by atoms with E-state index < -0.39 is 43.8 Å². The van der Waals surface area contributed by atoms with Gasteiger partial charge in [0.2, 0.25) is 0 Å². The average Bonchev–Trinajstić information content (AvgIpc) is 2.92. The molecule has 5 aromatic rings. The van der Waals surface area contributed by atoms with Crippen LogP contribution in [0.1, 0.15) is 10.4 Å². The molecule has 0 aliphatic carbocycles. The van der Waals surface area contributed by atoms with E-state index >= 15 is 0 Å². The Labute approximate surface area is 225 Å². The van der Waals surface area contributed by atoms with Crippen LogP contribution in [0, 0.1) is 0 Å². The van der Waals surface area contributed by atoms with Crippen LogP contribution < -0.4 is 5.11 Å². The lowest BCUT2D eigenvalue weighted by Crippen LogP contribution is -2.02. The predicted molar refractivity (Wildman–Crippen MR) is 140 cm³/mol. The highest BCUT2D eigenvalue weighted by Gasteiger charge is 2.19. The fourth-order valence-corrected chi connectivity index (χ4v) is 4.80. The van der Waals surface area contributed by atoms with Gasteiger partial charge in [0.1, 0.15) is 27.1 Å². The van der Waals surface area contributed by atoms with E-state index in [1.54, 1.807) is 24.3 Å². The van der Waals surface area contributed by atoms with E-state index in [4.69, 9.17) is 0 Å². The quantitative estimate of drug-likeness (QED) is 0.169. The number of hydrogen-bond acceptors (Lipinski definition) is 11. The zero-order chi connectivity index (χ0) is 28.6. The third-order valence-corrected chi connectivity index (χ3v) is 6.84. The molecular formula is C27H16N4O8S-2. The van der Waals surface area contributed by atoms with E-state index in [1.807, 2.05) is 0 Å². The maximum Gasteiger partial charge on any atom is 0.343 e. The van der Waals surface area contributed by atoms with Gasteiger partial charge in [0.25, 0.3) is 0 Å². The van der Waals surface area contributed by atoms with Crippen molar-refractivity contribution in [3.05, 3.63) is 84.4 Å². The Bertz CT molecular complexity index is 2010. The van der Waals surface area contributed by atoms with Crippen molar-refractivity contribution in [2.75, 3.05) is 0 Å². The zero-order valence-electron chi connectivity index (χ0n) is 20.1. The lowest BCUT2D eigenvalue weighted by atomic mass is 10.1. The summed E-state index contributed by atoms with van der Waals surface area (Å²) in [4.78, 5) is 10.7. The molecule has 0 spiro atoms. The minimum Gasteiger partial charge on any atom is -0.871 e. The van der Waals surface area contributed by atoms with E-state index in [0.717, 1.165) is 12.1 Å². The minimum atomic E-state index is -4.91. The summed E-state index contributed by atoms with van der Waals surface area (Å²) in [5.74, 6) is -3.53. The van der Waals surface area contributed by atoms with E-state index in [9.17, 15) is 38.2 Å². The third-order valence-electron chi connectivity index (χ3n) is 5.96. The monoisotopic (exact) mass is 556 g/mol. The summed E-state index contributed by atoms with van der Waals surface area (Å²) in [5.41, 5.74) is -0.635. The molecule has 13 heteroatoms. The van der Waals surface area contributed by atoms with Gasteiger partial charge < -0.3 is 25.0 Å². The number of azo groups is 2. The Hall–Kier alpha value is -5.40. The van der Waals surface area contributed by atoms with Crippen molar-refractivity contribution in [1.82, 2.24) is 0 Å². The number of rotatable bonds is 6. The van der Waals surface area contributed by atoms with Crippen molar-refractivity contribution in [2.45, 2.75) is 4.90 Å². The first-order chi connectivity index (χ1) is 19.1. The summed E-state index contributed by atoms with van der Waals surface area (Å²) >= 11 is 0. The standard InChI is InChI=1S/C27H18N4O8S/c32-22-12-11-20(26(34)24(22)27(35)36)30-28-18-9-10-19(15-6-2-1-5-14(15)18)29-31-21-13-23(40(37,38)39)16-7-3-4-8-17(16)25(21)33/h1-13,32-34H,(H,35,36)(H,37,38,39)/p-2. The van der Waals surface area contributed by atoms with Gasteiger partial charge in [0, 0.05) is 10.8 Å². The maximum absolute atomic E-state index is 12.9. The van der Waals surface area contributed by atoms with Gasteiger partial charge in [-0.25, -0.2) is 13.2 Å². The smallest absolute Gasteiger partial charge is 0.343 e. The molecule has 0 aromatic heterocycles. The predicted octanol–water partition coefficient (Wildman–Crippen LogP) is 5.91. The molecule has 5 rings (SSSR count). The highest BCUT2D eigenvalue weighted by atomic mass is 32.2. The van der Waals surface area contributed by atoms with Crippen molar-refractivity contribution in [3.8, 4) is 17.2 Å². The Morgan fingerprint density at radius 3 is 1.70 bits per heavy atom. The number of nitrogens with zero attached hydrogens (tertiary/aromatic N) is 4. The van der Waals surface area contributed by atoms with E-state index in [-0.39, 0.29) is 27.8 Å². The second kappa shape index (κ2) is 10.1. The molecule has 0 aliphatic heterocycles. The first kappa shape index (κ1) is 26.2. The van der Waals surface area contributed by atoms with Crippen molar-refractivity contribution in [2.24, 2.45) is 20.5 Å². The molecule has 200 valence electrons. The van der Waals surface area contributed by atoms with Gasteiger partial charge in [-0.15, -0.1) is 15.3 Å². The van der Waals surface area contributed by atoms with Crippen LogP contribution in [0.3, 0.4) is 0 Å². The molecule has 0 amide bonds. The molecule has 12 nitrogen and oxygen atoms in total. The molecule has 5 aromatic carbocycles. The number of aromatic hydroxyl groups is 2. The van der Waals surface area contributed by atoms with Gasteiger partial charge in [-0.3, -0.25) is 0 Å². The molecule has 0 saturated carbocycles. The van der Waals surface area contributed by atoms with E-state index in [1.165, 1.54) is 42.5 Å². The second-order valence-electron chi connectivity index (χ2n) is 8.40. The number of phenols is 2. The third kappa shape index (κ3) is 4.77. The van der Waals surface area contributed by atoms with Crippen LogP contribution in [0.25, 0.3) is 21.5 Å². The molecule has 0 unspecified atom stereocenters. The summed E-state index contributed by atoms with van der Waals surface area (Å²) in [6.45, 7) is 0. The molecule has 3 N–H and O–H groups in total. The van der Waals surface area contributed by atoms with Crippen LogP contribution >= 0.6 is 0 Å². The molecule has 0 bridgehead atoms. The first-order valence-corrected chi connectivity index (χ1v) is 12.8. The van der Waals surface area contributed by atoms with Gasteiger partial charge in [-0.2, -0.15) is 5.11 Å². The molecule has 0 radical (unpaired) electrons. The van der Waals surface area contributed by atoms with Gasteiger partial charge in [-0.1, -0.05) is 54.3 Å². The Morgan fingerprint density at radius 1 is 0.675 bits per heavy atom. The fourth-order valence-electron chi connectivity index (χ4n) is 4.10. The summed E-state index contributed by atoms with van der Waals surface area (Å²) in [6, 6.07) is 18.8. The Balaban J connectivity index is 1.57. The average molecular weight is 557 g/mol. The summed E-state index contributed by atoms with van der Waals surface area (Å²) in [6.07, 6.45) is 0. The largest absolute Gasteiger partial charge is 0.871 e. The Morgan fingerprint density at radius 2 is 1.15 bits per heavy atom.